The highest BCUT2D eigenvalue weighted by atomic mass is 16.2. The molecule has 0 saturated carbocycles. The lowest BCUT2D eigenvalue weighted by molar-refractivity contribution is -0.120. The number of anilines is 3. The number of carbonyl (C=O) groups is 2. The minimum absolute atomic E-state index is 0.0300. The van der Waals surface area contributed by atoms with E-state index < -0.39 is 0 Å². The van der Waals surface area contributed by atoms with Crippen LogP contribution < -0.4 is 21.3 Å². The summed E-state index contributed by atoms with van der Waals surface area (Å²) in [5.41, 5.74) is 3.06. The van der Waals surface area contributed by atoms with Crippen molar-refractivity contribution in [2.24, 2.45) is 5.92 Å². The van der Waals surface area contributed by atoms with Gasteiger partial charge < -0.3 is 21.3 Å². The van der Waals surface area contributed by atoms with Gasteiger partial charge in [-0.1, -0.05) is 25.5 Å². The van der Waals surface area contributed by atoms with E-state index in [-0.39, 0.29) is 17.7 Å². The second-order valence-electron chi connectivity index (χ2n) is 7.86. The lowest BCUT2D eigenvalue weighted by atomic mass is 9.93. The number of rotatable bonds is 8. The fourth-order valence-corrected chi connectivity index (χ4v) is 3.27. The van der Waals surface area contributed by atoms with Crippen molar-refractivity contribution in [3.05, 3.63) is 66.2 Å². The van der Waals surface area contributed by atoms with Crippen LogP contribution in [0.3, 0.4) is 0 Å². The van der Waals surface area contributed by atoms with Gasteiger partial charge in [0.05, 0.1) is 0 Å². The van der Waals surface area contributed by atoms with Gasteiger partial charge in [-0.25, -0.2) is 0 Å². The zero-order chi connectivity index (χ0) is 23.2. The third-order valence-electron chi connectivity index (χ3n) is 5.06. The minimum atomic E-state index is -0.174. The van der Waals surface area contributed by atoms with Gasteiger partial charge in [0.1, 0.15) is 0 Å². The molecule has 6 nitrogen and oxygen atoms in total. The molecule has 32 heavy (non-hydrogen) atoms. The Balaban J connectivity index is 0.00000114. The van der Waals surface area contributed by atoms with Gasteiger partial charge in [-0.05, 0) is 88.3 Å². The molecule has 4 N–H and O–H groups in total. The molecule has 2 aromatic rings. The van der Waals surface area contributed by atoms with Crippen LogP contribution in [0.15, 0.2) is 60.7 Å². The zero-order valence-corrected chi connectivity index (χ0v) is 19.4. The number of carbonyl (C=O) groups excluding carboxylic acids is 2. The number of hydrogen-bond acceptors (Lipinski definition) is 4. The zero-order valence-electron chi connectivity index (χ0n) is 19.4. The van der Waals surface area contributed by atoms with E-state index in [1.165, 1.54) is 0 Å². The topological polar surface area (TPSA) is 82.3 Å². The van der Waals surface area contributed by atoms with Crippen molar-refractivity contribution in [1.82, 2.24) is 5.32 Å². The summed E-state index contributed by atoms with van der Waals surface area (Å²) in [5.74, 6) is -0.103. The van der Waals surface area contributed by atoms with Crippen LogP contribution in [-0.4, -0.2) is 32.5 Å². The molecule has 2 amide bonds. The second kappa shape index (κ2) is 14.0. The molecular weight excluding hydrogens is 400 g/mol. The van der Waals surface area contributed by atoms with E-state index in [1.54, 1.807) is 24.3 Å². The van der Waals surface area contributed by atoms with Crippen LogP contribution in [0.1, 0.15) is 49.4 Å². The van der Waals surface area contributed by atoms with Crippen LogP contribution in [-0.2, 0) is 4.79 Å². The van der Waals surface area contributed by atoms with Crippen molar-refractivity contribution in [2.75, 3.05) is 36.6 Å². The first-order chi connectivity index (χ1) is 15.6. The summed E-state index contributed by atoms with van der Waals surface area (Å²) in [6, 6.07) is 14.7. The summed E-state index contributed by atoms with van der Waals surface area (Å²) >= 11 is 0. The van der Waals surface area contributed by atoms with Crippen molar-refractivity contribution in [2.45, 2.75) is 39.0 Å². The van der Waals surface area contributed by atoms with Crippen molar-refractivity contribution < 1.29 is 9.59 Å². The Bertz CT molecular complexity index is 860. The fraction of sp³-hybridized carbons (Fsp3) is 0.385. The van der Waals surface area contributed by atoms with Crippen molar-refractivity contribution >= 4 is 28.9 Å². The predicted molar refractivity (Wildman–Crippen MR) is 134 cm³/mol. The monoisotopic (exact) mass is 436 g/mol. The van der Waals surface area contributed by atoms with E-state index in [1.807, 2.05) is 38.4 Å². The Morgan fingerprint density at radius 3 is 2.06 bits per heavy atom. The van der Waals surface area contributed by atoms with Gasteiger partial charge in [0.2, 0.25) is 5.91 Å². The Kier molecular flexibility index (Phi) is 11.0. The molecule has 0 spiro atoms. The lowest BCUT2D eigenvalue weighted by Gasteiger charge is -2.17. The van der Waals surface area contributed by atoms with Crippen LogP contribution in [0.2, 0.25) is 0 Å². The van der Waals surface area contributed by atoms with E-state index in [0.717, 1.165) is 50.0 Å². The number of benzene rings is 2. The maximum atomic E-state index is 12.5. The first-order valence-corrected chi connectivity index (χ1v) is 11.4. The number of allylic oxidation sites excluding steroid dienone is 2. The lowest BCUT2D eigenvalue weighted by Crippen LogP contribution is -2.23. The van der Waals surface area contributed by atoms with Crippen LogP contribution in [0.5, 0.6) is 0 Å². The summed E-state index contributed by atoms with van der Waals surface area (Å²) in [6.45, 7) is 3.11. The fourth-order valence-electron chi connectivity index (χ4n) is 3.27. The van der Waals surface area contributed by atoms with Gasteiger partial charge in [-0.2, -0.15) is 0 Å². The Labute approximate surface area is 191 Å². The average Bonchev–Trinajstić information content (AvgIpc) is 2.82. The molecule has 0 aromatic heterocycles. The van der Waals surface area contributed by atoms with Gasteiger partial charge in [-0.15, -0.1) is 0 Å². The van der Waals surface area contributed by atoms with Gasteiger partial charge in [0.25, 0.3) is 5.91 Å². The predicted octanol–water partition coefficient (Wildman–Crippen LogP) is 5.28. The van der Waals surface area contributed by atoms with Gasteiger partial charge in [-0.3, -0.25) is 9.59 Å². The van der Waals surface area contributed by atoms with Crippen LogP contribution in [0.25, 0.3) is 0 Å². The molecule has 0 saturated heterocycles. The first-order valence-electron chi connectivity index (χ1n) is 11.4. The molecule has 3 rings (SSSR count). The van der Waals surface area contributed by atoms with Gasteiger partial charge in [0.15, 0.2) is 0 Å². The molecule has 0 fully saturated rings. The van der Waals surface area contributed by atoms with Crippen molar-refractivity contribution in [3.8, 4) is 0 Å². The molecular formula is C26H36N4O2. The number of amides is 2. The summed E-state index contributed by atoms with van der Waals surface area (Å²) in [5, 5.41) is 11.9. The summed E-state index contributed by atoms with van der Waals surface area (Å²) in [6.07, 6.45) is 9.10. The van der Waals surface area contributed by atoms with Crippen molar-refractivity contribution in [1.29, 1.82) is 0 Å². The van der Waals surface area contributed by atoms with Gasteiger partial charge >= 0.3 is 0 Å². The number of nitrogens with one attached hydrogen (secondary N) is 4. The molecule has 6 heteroatoms. The summed E-state index contributed by atoms with van der Waals surface area (Å²) in [4.78, 5) is 24.8. The average molecular weight is 437 g/mol. The quantitative estimate of drug-likeness (QED) is 0.335. The highest BCUT2D eigenvalue weighted by molar-refractivity contribution is 6.04. The standard InChI is InChI=1S/C24H29N3O2.C2H7N/c1-2-3-17-25-20-13-15-22(16-14-20)27-24(29)19-9-11-21(12-10-19)26-23(28)18-7-5-4-6-8-18;1-3-2/h4-5,9-16,18,25H,2-3,6-8,17H2,1H3,(H,26,28)(H,27,29);3H,1-2H3. The SMILES string of the molecule is CCCCNc1ccc(NC(=O)c2ccc(NC(=O)C3CC=CCC3)cc2)cc1.CNC. The summed E-state index contributed by atoms with van der Waals surface area (Å²) < 4.78 is 0. The molecule has 0 bridgehead atoms. The smallest absolute Gasteiger partial charge is 0.255 e. The van der Waals surface area contributed by atoms with E-state index in [2.05, 4.69) is 40.3 Å². The third kappa shape index (κ3) is 8.55. The second-order valence-corrected chi connectivity index (χ2v) is 7.86. The molecule has 172 valence electrons. The highest BCUT2D eigenvalue weighted by Crippen LogP contribution is 2.21. The molecule has 0 aliphatic heterocycles. The van der Waals surface area contributed by atoms with Crippen LogP contribution in [0.4, 0.5) is 17.1 Å². The molecule has 2 aromatic carbocycles. The molecule has 0 heterocycles. The normalized spacial score (nSPS) is 14.7. The Morgan fingerprint density at radius 1 is 0.875 bits per heavy atom. The highest BCUT2D eigenvalue weighted by Gasteiger charge is 2.18. The van der Waals surface area contributed by atoms with Gasteiger partial charge in [0, 0.05) is 35.1 Å². The number of unbranched alkanes of at least 4 members (excludes halogenated alkanes) is 1. The first kappa shape index (κ1) is 25.1. The molecule has 1 atom stereocenters. The minimum Gasteiger partial charge on any atom is -0.385 e. The number of hydrogen-bond donors (Lipinski definition) is 4. The molecule has 0 radical (unpaired) electrons. The van der Waals surface area contributed by atoms with Crippen LogP contribution in [0, 0.1) is 5.92 Å². The Hall–Kier alpha value is -3.12. The molecule has 1 unspecified atom stereocenters. The van der Waals surface area contributed by atoms with Crippen LogP contribution >= 0.6 is 0 Å². The van der Waals surface area contributed by atoms with E-state index in [9.17, 15) is 9.59 Å². The Morgan fingerprint density at radius 2 is 1.47 bits per heavy atom. The summed E-state index contributed by atoms with van der Waals surface area (Å²) in [7, 11) is 3.75. The molecule has 1 aliphatic rings. The van der Waals surface area contributed by atoms with E-state index in [4.69, 9.17) is 0 Å². The molecule has 1 aliphatic carbocycles. The van der Waals surface area contributed by atoms with E-state index >= 15 is 0 Å². The van der Waals surface area contributed by atoms with E-state index in [0.29, 0.717) is 11.3 Å². The maximum Gasteiger partial charge on any atom is 0.255 e. The maximum absolute atomic E-state index is 12.5. The van der Waals surface area contributed by atoms with Crippen molar-refractivity contribution in [3.63, 3.8) is 0 Å². The largest absolute Gasteiger partial charge is 0.385 e. The third-order valence-corrected chi connectivity index (χ3v) is 5.06.